The van der Waals surface area contributed by atoms with Crippen LogP contribution in [-0.4, -0.2) is 48.2 Å². The van der Waals surface area contributed by atoms with Gasteiger partial charge in [0.2, 0.25) is 5.91 Å². The molecule has 1 atom stereocenters. The van der Waals surface area contributed by atoms with Crippen LogP contribution in [0.1, 0.15) is 64.2 Å². The Kier molecular flexibility index (Phi) is 7.51. The lowest BCUT2D eigenvalue weighted by Crippen LogP contribution is -2.40. The third-order valence-electron chi connectivity index (χ3n) is 5.14. The molecule has 2 N–H and O–H groups in total. The fourth-order valence-corrected chi connectivity index (χ4v) is 3.89. The largest absolute Gasteiger partial charge is 0.396 e. The van der Waals surface area contributed by atoms with Gasteiger partial charge in [-0.05, 0) is 44.6 Å². The molecule has 1 aliphatic heterocycles. The van der Waals surface area contributed by atoms with E-state index in [1.165, 1.54) is 44.9 Å². The molecule has 21 heavy (non-hydrogen) atoms. The Balaban J connectivity index is 1.59. The third kappa shape index (κ3) is 5.95. The minimum absolute atomic E-state index is 0.182. The van der Waals surface area contributed by atoms with Crippen molar-refractivity contribution in [2.45, 2.75) is 70.3 Å². The molecule has 2 fully saturated rings. The van der Waals surface area contributed by atoms with Crippen molar-refractivity contribution in [3.05, 3.63) is 0 Å². The number of nitrogens with one attached hydrogen (secondary N) is 1. The number of carbonyl (C=O) groups is 1. The number of aliphatic hydroxyl groups is 1. The summed E-state index contributed by atoms with van der Waals surface area (Å²) in [5.41, 5.74) is 0. The van der Waals surface area contributed by atoms with Gasteiger partial charge in [-0.3, -0.25) is 9.69 Å². The van der Waals surface area contributed by atoms with Gasteiger partial charge in [-0.1, -0.05) is 32.1 Å². The fraction of sp³-hybridized carbons (Fsp3) is 0.941. The summed E-state index contributed by atoms with van der Waals surface area (Å²) in [6, 6.07) is 0.501. The molecule has 2 aliphatic rings. The molecule has 1 aliphatic carbocycles. The van der Waals surface area contributed by atoms with Gasteiger partial charge in [0.1, 0.15) is 0 Å². The maximum Gasteiger partial charge on any atom is 0.234 e. The monoisotopic (exact) mass is 296 g/mol. The van der Waals surface area contributed by atoms with Crippen molar-refractivity contribution in [2.75, 3.05) is 26.2 Å². The number of aliphatic hydroxyl groups excluding tert-OH is 1. The van der Waals surface area contributed by atoms with Crippen LogP contribution in [-0.2, 0) is 4.79 Å². The Labute approximate surface area is 129 Å². The van der Waals surface area contributed by atoms with Crippen LogP contribution in [0.2, 0.25) is 0 Å². The van der Waals surface area contributed by atoms with E-state index in [1.54, 1.807) is 0 Å². The Morgan fingerprint density at radius 1 is 1.10 bits per heavy atom. The van der Waals surface area contributed by atoms with Crippen molar-refractivity contribution in [1.82, 2.24) is 10.2 Å². The van der Waals surface area contributed by atoms with Gasteiger partial charge in [0, 0.05) is 19.2 Å². The first-order chi connectivity index (χ1) is 10.3. The van der Waals surface area contributed by atoms with Crippen LogP contribution in [0.3, 0.4) is 0 Å². The Morgan fingerprint density at radius 3 is 2.67 bits per heavy atom. The summed E-state index contributed by atoms with van der Waals surface area (Å²) in [7, 11) is 0. The molecule has 1 unspecified atom stereocenters. The number of nitrogens with zero attached hydrogens (tertiary/aromatic N) is 1. The van der Waals surface area contributed by atoms with E-state index in [4.69, 9.17) is 5.11 Å². The van der Waals surface area contributed by atoms with Gasteiger partial charge in [-0.15, -0.1) is 0 Å². The first-order valence-electron chi connectivity index (χ1n) is 8.91. The van der Waals surface area contributed by atoms with Gasteiger partial charge >= 0.3 is 0 Å². The summed E-state index contributed by atoms with van der Waals surface area (Å²) in [4.78, 5) is 14.4. The second kappa shape index (κ2) is 9.42. The predicted octanol–water partition coefficient (Wildman–Crippen LogP) is 2.31. The van der Waals surface area contributed by atoms with Crippen molar-refractivity contribution in [1.29, 1.82) is 0 Å². The highest BCUT2D eigenvalue weighted by atomic mass is 16.3. The highest BCUT2D eigenvalue weighted by molar-refractivity contribution is 5.78. The zero-order valence-corrected chi connectivity index (χ0v) is 13.4. The molecular weight excluding hydrogens is 264 g/mol. The van der Waals surface area contributed by atoms with E-state index in [9.17, 15) is 4.79 Å². The lowest BCUT2D eigenvalue weighted by Gasteiger charge is -2.24. The van der Waals surface area contributed by atoms with E-state index in [0.29, 0.717) is 12.6 Å². The first-order valence-corrected chi connectivity index (χ1v) is 8.91. The van der Waals surface area contributed by atoms with Crippen LogP contribution in [0.5, 0.6) is 0 Å². The summed E-state index contributed by atoms with van der Waals surface area (Å²) < 4.78 is 0. The molecule has 1 saturated heterocycles. The van der Waals surface area contributed by atoms with E-state index in [1.807, 2.05) is 0 Å². The van der Waals surface area contributed by atoms with Crippen LogP contribution in [0.15, 0.2) is 0 Å². The van der Waals surface area contributed by atoms with Gasteiger partial charge in [0.25, 0.3) is 0 Å². The highest BCUT2D eigenvalue weighted by Gasteiger charge is 2.25. The van der Waals surface area contributed by atoms with Crippen molar-refractivity contribution >= 4 is 5.91 Å². The molecule has 1 heterocycles. The van der Waals surface area contributed by atoms with E-state index in [2.05, 4.69) is 10.2 Å². The van der Waals surface area contributed by atoms with Crippen LogP contribution in [0.4, 0.5) is 0 Å². The zero-order valence-electron chi connectivity index (χ0n) is 13.4. The summed E-state index contributed by atoms with van der Waals surface area (Å²) in [6.07, 6.45) is 12.2. The fourth-order valence-electron chi connectivity index (χ4n) is 3.89. The molecule has 0 aromatic rings. The van der Waals surface area contributed by atoms with Crippen molar-refractivity contribution in [3.8, 4) is 0 Å². The topological polar surface area (TPSA) is 52.6 Å². The van der Waals surface area contributed by atoms with Crippen molar-refractivity contribution in [2.24, 2.45) is 5.92 Å². The third-order valence-corrected chi connectivity index (χ3v) is 5.14. The second-order valence-electron chi connectivity index (χ2n) is 6.78. The number of likely N-dealkylation sites (tertiary alicyclic amines) is 1. The SMILES string of the molecule is O=C(CN1CCCC1CCCO)NCCC1CCCCC1. The summed E-state index contributed by atoms with van der Waals surface area (Å²) in [6.45, 7) is 2.68. The van der Waals surface area contributed by atoms with Gasteiger partial charge in [-0.2, -0.15) is 0 Å². The number of hydrogen-bond donors (Lipinski definition) is 2. The van der Waals surface area contributed by atoms with Crippen molar-refractivity contribution in [3.63, 3.8) is 0 Å². The lowest BCUT2D eigenvalue weighted by atomic mass is 9.87. The molecule has 1 amide bonds. The van der Waals surface area contributed by atoms with E-state index in [0.717, 1.165) is 38.3 Å². The maximum absolute atomic E-state index is 12.1. The molecule has 0 aromatic carbocycles. The minimum Gasteiger partial charge on any atom is -0.396 e. The van der Waals surface area contributed by atoms with Crippen LogP contribution >= 0.6 is 0 Å². The molecule has 0 aromatic heterocycles. The van der Waals surface area contributed by atoms with E-state index >= 15 is 0 Å². The zero-order chi connectivity index (χ0) is 14.9. The van der Waals surface area contributed by atoms with Crippen LogP contribution in [0.25, 0.3) is 0 Å². The molecule has 0 radical (unpaired) electrons. The highest BCUT2D eigenvalue weighted by Crippen LogP contribution is 2.25. The number of carbonyl (C=O) groups excluding carboxylic acids is 1. The standard InChI is InChI=1S/C17H32N2O2/c20-13-5-9-16-8-4-12-19(16)14-17(21)18-11-10-15-6-2-1-3-7-15/h15-16,20H,1-14H2,(H,18,21). The number of amides is 1. The van der Waals surface area contributed by atoms with Gasteiger partial charge in [0.15, 0.2) is 0 Å². The molecule has 0 spiro atoms. The van der Waals surface area contributed by atoms with Crippen LogP contribution < -0.4 is 5.32 Å². The first kappa shape index (κ1) is 16.8. The van der Waals surface area contributed by atoms with Gasteiger partial charge in [0.05, 0.1) is 6.54 Å². The molecule has 0 bridgehead atoms. The van der Waals surface area contributed by atoms with E-state index < -0.39 is 0 Å². The molecule has 1 saturated carbocycles. The average Bonchev–Trinajstić information content (AvgIpc) is 2.93. The minimum atomic E-state index is 0.182. The van der Waals surface area contributed by atoms with Crippen molar-refractivity contribution < 1.29 is 9.90 Å². The van der Waals surface area contributed by atoms with Gasteiger partial charge < -0.3 is 10.4 Å². The number of hydrogen-bond acceptors (Lipinski definition) is 3. The maximum atomic E-state index is 12.1. The normalized spacial score (nSPS) is 24.3. The quantitative estimate of drug-likeness (QED) is 0.723. The lowest BCUT2D eigenvalue weighted by molar-refractivity contribution is -0.122. The summed E-state index contributed by atoms with van der Waals surface area (Å²) in [5.74, 6) is 1.02. The molecule has 4 heteroatoms. The molecule has 4 nitrogen and oxygen atoms in total. The Bertz CT molecular complexity index is 303. The predicted molar refractivity (Wildman–Crippen MR) is 85.1 cm³/mol. The molecule has 2 rings (SSSR count). The Hall–Kier alpha value is -0.610. The molecule has 122 valence electrons. The van der Waals surface area contributed by atoms with Gasteiger partial charge in [-0.25, -0.2) is 0 Å². The van der Waals surface area contributed by atoms with E-state index in [-0.39, 0.29) is 12.5 Å². The smallest absolute Gasteiger partial charge is 0.234 e. The second-order valence-corrected chi connectivity index (χ2v) is 6.78. The summed E-state index contributed by atoms with van der Waals surface area (Å²) >= 11 is 0. The summed E-state index contributed by atoms with van der Waals surface area (Å²) in [5, 5.41) is 12.0. The average molecular weight is 296 g/mol. The Morgan fingerprint density at radius 2 is 1.90 bits per heavy atom. The van der Waals surface area contributed by atoms with Crippen LogP contribution in [0, 0.1) is 5.92 Å². The molecular formula is C17H32N2O2. The number of rotatable bonds is 8.